The molecule has 0 spiro atoms. The number of carbonyl (C=O) groups is 2. The second-order valence-electron chi connectivity index (χ2n) is 6.06. The number of hydrogen-bond donors (Lipinski definition) is 2. The number of nitrogens with one attached hydrogen (secondary N) is 1. The third-order valence-corrected chi connectivity index (χ3v) is 5.06. The van der Waals surface area contributed by atoms with Crippen molar-refractivity contribution in [1.82, 2.24) is 10.4 Å². The first-order valence-electron chi connectivity index (χ1n) is 8.42. The first-order chi connectivity index (χ1) is 12.0. The lowest BCUT2D eigenvalue weighted by Gasteiger charge is -2.36. The Labute approximate surface area is 157 Å². The molecule has 0 aromatic heterocycles. The van der Waals surface area contributed by atoms with Gasteiger partial charge in [-0.25, -0.2) is 5.48 Å². The number of hydroxylamine groups is 1. The highest BCUT2D eigenvalue weighted by Gasteiger charge is 2.21. The highest BCUT2D eigenvalue weighted by molar-refractivity contribution is 6.42. The maximum atomic E-state index is 12.2. The van der Waals surface area contributed by atoms with Crippen LogP contribution in [-0.2, 0) is 9.59 Å². The van der Waals surface area contributed by atoms with Crippen molar-refractivity contribution < 1.29 is 14.8 Å². The van der Waals surface area contributed by atoms with Gasteiger partial charge in [-0.3, -0.25) is 14.8 Å². The van der Waals surface area contributed by atoms with Crippen molar-refractivity contribution in [3.05, 3.63) is 28.2 Å². The number of piperazine rings is 1. The van der Waals surface area contributed by atoms with Crippen LogP contribution in [0.1, 0.15) is 32.1 Å². The van der Waals surface area contributed by atoms with Crippen molar-refractivity contribution >= 4 is 40.7 Å². The Morgan fingerprint density at radius 1 is 1.00 bits per heavy atom. The molecule has 1 heterocycles. The first kappa shape index (κ1) is 19.8. The minimum absolute atomic E-state index is 0.153. The van der Waals surface area contributed by atoms with Gasteiger partial charge in [0.25, 0.3) is 0 Å². The Hall–Kier alpha value is -1.50. The minimum Gasteiger partial charge on any atom is -0.368 e. The highest BCUT2D eigenvalue weighted by Crippen LogP contribution is 2.27. The molecule has 1 saturated heterocycles. The van der Waals surface area contributed by atoms with E-state index in [-0.39, 0.29) is 18.2 Å². The van der Waals surface area contributed by atoms with Crippen LogP contribution in [0.2, 0.25) is 10.0 Å². The summed E-state index contributed by atoms with van der Waals surface area (Å²) in [5.41, 5.74) is 2.62. The SMILES string of the molecule is O=C(CCCCCC(=O)N1CCN(c2ccc(Cl)c(Cl)c2)CC1)NO. The standard InChI is InChI=1S/C17H23Cl2N3O3/c18-14-7-6-13(12-15(14)19)21-8-10-22(11-9-21)17(24)5-3-1-2-4-16(23)20-25/h6-7,12,25H,1-5,8-11H2,(H,20,23). The fourth-order valence-electron chi connectivity index (χ4n) is 2.85. The molecule has 0 atom stereocenters. The fourth-order valence-corrected chi connectivity index (χ4v) is 3.14. The van der Waals surface area contributed by atoms with Crippen LogP contribution in [0.25, 0.3) is 0 Å². The third kappa shape index (κ3) is 6.06. The zero-order valence-electron chi connectivity index (χ0n) is 14.0. The Kier molecular flexibility index (Phi) is 7.81. The average molecular weight is 388 g/mol. The molecule has 2 rings (SSSR count). The Balaban J connectivity index is 1.69. The van der Waals surface area contributed by atoms with Crippen LogP contribution in [-0.4, -0.2) is 48.1 Å². The van der Waals surface area contributed by atoms with Gasteiger partial charge in [-0.1, -0.05) is 29.6 Å². The summed E-state index contributed by atoms with van der Waals surface area (Å²) in [5.74, 6) is -0.231. The first-order valence-corrected chi connectivity index (χ1v) is 9.17. The van der Waals surface area contributed by atoms with Gasteiger partial charge in [0.05, 0.1) is 10.0 Å². The summed E-state index contributed by atoms with van der Waals surface area (Å²) in [6, 6.07) is 5.58. The molecule has 0 aliphatic carbocycles. The van der Waals surface area contributed by atoms with Crippen molar-refractivity contribution in [1.29, 1.82) is 0 Å². The number of amides is 2. The van der Waals surface area contributed by atoms with E-state index in [9.17, 15) is 9.59 Å². The van der Waals surface area contributed by atoms with Gasteiger partial charge < -0.3 is 9.80 Å². The van der Waals surface area contributed by atoms with E-state index >= 15 is 0 Å². The summed E-state index contributed by atoms with van der Waals surface area (Å²) < 4.78 is 0. The third-order valence-electron chi connectivity index (χ3n) is 4.32. The molecule has 138 valence electrons. The molecular weight excluding hydrogens is 365 g/mol. The molecule has 6 nitrogen and oxygen atoms in total. The second kappa shape index (κ2) is 9.85. The van der Waals surface area contributed by atoms with Crippen molar-refractivity contribution in [3.8, 4) is 0 Å². The summed E-state index contributed by atoms with van der Waals surface area (Å²) in [5, 5.41) is 9.48. The number of halogens is 2. The zero-order valence-corrected chi connectivity index (χ0v) is 15.5. The number of anilines is 1. The maximum Gasteiger partial charge on any atom is 0.243 e. The van der Waals surface area contributed by atoms with E-state index in [1.807, 2.05) is 17.0 Å². The topological polar surface area (TPSA) is 72.9 Å². The van der Waals surface area contributed by atoms with Gasteiger partial charge in [0.1, 0.15) is 0 Å². The van der Waals surface area contributed by atoms with E-state index in [4.69, 9.17) is 28.4 Å². The summed E-state index contributed by atoms with van der Waals surface area (Å²) >= 11 is 12.0. The van der Waals surface area contributed by atoms with E-state index < -0.39 is 0 Å². The summed E-state index contributed by atoms with van der Waals surface area (Å²) in [4.78, 5) is 27.2. The molecule has 25 heavy (non-hydrogen) atoms. The van der Waals surface area contributed by atoms with Gasteiger partial charge in [0, 0.05) is 44.7 Å². The number of nitrogens with zero attached hydrogens (tertiary/aromatic N) is 2. The molecule has 1 aliphatic rings. The number of carbonyl (C=O) groups excluding carboxylic acids is 2. The van der Waals surface area contributed by atoms with Crippen LogP contribution in [0.4, 0.5) is 5.69 Å². The van der Waals surface area contributed by atoms with Crippen molar-refractivity contribution in [2.24, 2.45) is 0 Å². The Bertz CT molecular complexity index is 605. The van der Waals surface area contributed by atoms with Crippen LogP contribution < -0.4 is 10.4 Å². The van der Waals surface area contributed by atoms with Crippen LogP contribution in [0, 0.1) is 0 Å². The molecule has 1 aromatic rings. The summed E-state index contributed by atoms with van der Waals surface area (Å²) in [6.45, 7) is 2.90. The van der Waals surface area contributed by atoms with Crippen molar-refractivity contribution in [2.75, 3.05) is 31.1 Å². The molecule has 0 radical (unpaired) electrons. The molecule has 1 fully saturated rings. The molecule has 2 amide bonds. The highest BCUT2D eigenvalue weighted by atomic mass is 35.5. The van der Waals surface area contributed by atoms with Crippen LogP contribution in [0.5, 0.6) is 0 Å². The van der Waals surface area contributed by atoms with Gasteiger partial charge in [-0.05, 0) is 31.0 Å². The lowest BCUT2D eigenvalue weighted by Crippen LogP contribution is -2.48. The van der Waals surface area contributed by atoms with Crippen LogP contribution in [0.15, 0.2) is 18.2 Å². The number of benzene rings is 1. The van der Waals surface area contributed by atoms with Crippen LogP contribution in [0.3, 0.4) is 0 Å². The van der Waals surface area contributed by atoms with E-state index in [1.165, 1.54) is 0 Å². The lowest BCUT2D eigenvalue weighted by molar-refractivity contribution is -0.131. The van der Waals surface area contributed by atoms with Crippen molar-refractivity contribution in [2.45, 2.75) is 32.1 Å². The normalized spacial score (nSPS) is 14.5. The quantitative estimate of drug-likeness (QED) is 0.428. The van der Waals surface area contributed by atoms with Crippen LogP contribution >= 0.6 is 23.2 Å². The Morgan fingerprint density at radius 3 is 2.32 bits per heavy atom. The van der Waals surface area contributed by atoms with E-state index in [0.29, 0.717) is 36.0 Å². The molecule has 0 saturated carbocycles. The Morgan fingerprint density at radius 2 is 1.68 bits per heavy atom. The summed E-state index contributed by atoms with van der Waals surface area (Å²) in [7, 11) is 0. The lowest BCUT2D eigenvalue weighted by atomic mass is 10.1. The molecule has 8 heteroatoms. The predicted molar refractivity (Wildman–Crippen MR) is 98.3 cm³/mol. The smallest absolute Gasteiger partial charge is 0.243 e. The zero-order chi connectivity index (χ0) is 18.2. The molecule has 0 unspecified atom stereocenters. The number of unbranched alkanes of at least 4 members (excludes halogenated alkanes) is 2. The molecule has 1 aromatic carbocycles. The minimum atomic E-state index is -0.384. The fraction of sp³-hybridized carbons (Fsp3) is 0.529. The molecule has 0 bridgehead atoms. The molecule has 2 N–H and O–H groups in total. The average Bonchev–Trinajstić information content (AvgIpc) is 2.63. The van der Waals surface area contributed by atoms with E-state index in [1.54, 1.807) is 11.5 Å². The van der Waals surface area contributed by atoms with Gasteiger partial charge in [-0.2, -0.15) is 0 Å². The number of rotatable bonds is 7. The number of hydrogen-bond acceptors (Lipinski definition) is 4. The van der Waals surface area contributed by atoms with Gasteiger partial charge in [-0.15, -0.1) is 0 Å². The monoisotopic (exact) mass is 387 g/mol. The predicted octanol–water partition coefficient (Wildman–Crippen LogP) is 3.10. The largest absolute Gasteiger partial charge is 0.368 e. The van der Waals surface area contributed by atoms with Gasteiger partial charge >= 0.3 is 0 Å². The second-order valence-corrected chi connectivity index (χ2v) is 6.88. The van der Waals surface area contributed by atoms with E-state index in [0.717, 1.165) is 31.6 Å². The van der Waals surface area contributed by atoms with Gasteiger partial charge in [0.2, 0.25) is 11.8 Å². The van der Waals surface area contributed by atoms with E-state index in [2.05, 4.69) is 4.90 Å². The molecule has 1 aliphatic heterocycles. The maximum absolute atomic E-state index is 12.2. The molecular formula is C17H23Cl2N3O3. The van der Waals surface area contributed by atoms with Crippen molar-refractivity contribution in [3.63, 3.8) is 0 Å². The summed E-state index contributed by atoms with van der Waals surface area (Å²) in [6.07, 6.45) is 3.00. The van der Waals surface area contributed by atoms with Gasteiger partial charge in [0.15, 0.2) is 0 Å².